The van der Waals surface area contributed by atoms with Crippen LogP contribution in [-0.2, 0) is 0 Å². The van der Waals surface area contributed by atoms with Crippen LogP contribution in [0.4, 0.5) is 0 Å². The van der Waals surface area contributed by atoms with Crippen LogP contribution in [-0.4, -0.2) is 10.2 Å². The summed E-state index contributed by atoms with van der Waals surface area (Å²) in [6, 6.07) is 12.8. The fraction of sp³-hybridized carbons (Fsp3) is 0.0909. The average molecular weight is 344 g/mol. The van der Waals surface area contributed by atoms with Crippen LogP contribution in [0.3, 0.4) is 0 Å². The van der Waals surface area contributed by atoms with E-state index in [4.69, 9.17) is 13.1 Å². The zero-order valence-corrected chi connectivity index (χ0v) is 14.8. The third-order valence-corrected chi connectivity index (χ3v) is 2.90. The summed E-state index contributed by atoms with van der Waals surface area (Å²) in [5.74, 6) is 0.290. The molecule has 0 fully saturated rings. The van der Waals surface area contributed by atoms with Gasteiger partial charge in [-0.15, -0.1) is 6.58 Å². The summed E-state index contributed by atoms with van der Waals surface area (Å²) >= 11 is 0. The van der Waals surface area contributed by atoms with E-state index in [9.17, 15) is 10.2 Å². The summed E-state index contributed by atoms with van der Waals surface area (Å²) in [7, 11) is 0. The van der Waals surface area contributed by atoms with Crippen molar-refractivity contribution in [3.05, 3.63) is 106 Å². The number of phenols is 2. The Labute approximate surface area is 154 Å². The first kappa shape index (κ1) is 20.3. The first-order chi connectivity index (χ1) is 12.3. The van der Waals surface area contributed by atoms with Crippen molar-refractivity contribution in [3.8, 4) is 11.5 Å². The van der Waals surface area contributed by atoms with Crippen molar-refractivity contribution < 1.29 is 10.2 Å². The highest BCUT2D eigenvalue weighted by Crippen LogP contribution is 2.22. The molecule has 4 nitrogen and oxygen atoms in total. The summed E-state index contributed by atoms with van der Waals surface area (Å²) in [6.45, 7) is 22.0. The van der Waals surface area contributed by atoms with Crippen molar-refractivity contribution in [2.75, 3.05) is 0 Å². The Kier molecular flexibility index (Phi) is 7.94. The van der Waals surface area contributed by atoms with Crippen LogP contribution in [0, 0.1) is 13.1 Å². The summed E-state index contributed by atoms with van der Waals surface area (Å²) in [5.41, 5.74) is 3.05. The molecule has 0 aromatic heterocycles. The second-order valence-corrected chi connectivity index (χ2v) is 5.67. The third kappa shape index (κ3) is 7.21. The number of nitrogens with zero attached hydrogens (tertiary/aromatic N) is 2. The van der Waals surface area contributed by atoms with Crippen LogP contribution in [0.15, 0.2) is 72.1 Å². The van der Waals surface area contributed by atoms with Crippen molar-refractivity contribution in [3.63, 3.8) is 0 Å². The van der Waals surface area contributed by atoms with Crippen molar-refractivity contribution in [1.29, 1.82) is 0 Å². The molecule has 0 saturated carbocycles. The quantitative estimate of drug-likeness (QED) is 0.414. The Balaban J connectivity index is 0.000000765. The topological polar surface area (TPSA) is 49.2 Å². The molecule has 0 radical (unpaired) electrons. The molecule has 2 aromatic carbocycles. The van der Waals surface area contributed by atoms with Gasteiger partial charge in [0.1, 0.15) is 11.5 Å². The maximum atomic E-state index is 9.26. The molecule has 26 heavy (non-hydrogen) atoms. The lowest BCUT2D eigenvalue weighted by atomic mass is 10.1. The van der Waals surface area contributed by atoms with Gasteiger partial charge in [0.05, 0.1) is 13.1 Å². The van der Waals surface area contributed by atoms with Gasteiger partial charge in [-0.25, -0.2) is 0 Å². The van der Waals surface area contributed by atoms with E-state index in [0.717, 1.165) is 11.1 Å². The standard InChI is InChI=1S/C18H12N2O2.C4H8/c1-19-17(11-13-3-7-15(21)8-4-13)18(20-2)12-14-5-9-16(22)10-6-14;1-4(2)3/h3-12,21-22H;1H2,2-3H3/b17-11-,18-12-;. The predicted molar refractivity (Wildman–Crippen MR) is 106 cm³/mol. The highest BCUT2D eigenvalue weighted by atomic mass is 16.3. The van der Waals surface area contributed by atoms with Crippen molar-refractivity contribution in [2.45, 2.75) is 13.8 Å². The summed E-state index contributed by atoms with van der Waals surface area (Å²) in [6.07, 6.45) is 3.19. The van der Waals surface area contributed by atoms with E-state index in [-0.39, 0.29) is 22.9 Å². The van der Waals surface area contributed by atoms with Gasteiger partial charge in [0.15, 0.2) is 11.4 Å². The van der Waals surface area contributed by atoms with Gasteiger partial charge in [0, 0.05) is 0 Å². The lowest BCUT2D eigenvalue weighted by molar-refractivity contribution is 0.474. The lowest BCUT2D eigenvalue weighted by Gasteiger charge is -2.00. The van der Waals surface area contributed by atoms with Gasteiger partial charge in [-0.2, -0.15) is 0 Å². The number of rotatable bonds is 3. The Morgan fingerprint density at radius 2 is 1.04 bits per heavy atom. The van der Waals surface area contributed by atoms with Gasteiger partial charge in [0.2, 0.25) is 0 Å². The van der Waals surface area contributed by atoms with Crippen LogP contribution in [0.1, 0.15) is 25.0 Å². The predicted octanol–water partition coefficient (Wildman–Crippen LogP) is 5.90. The minimum Gasteiger partial charge on any atom is -0.508 e. The molecule has 0 aliphatic heterocycles. The van der Waals surface area contributed by atoms with E-state index >= 15 is 0 Å². The maximum Gasteiger partial charge on any atom is 0.195 e. The average Bonchev–Trinajstić information content (AvgIpc) is 2.60. The van der Waals surface area contributed by atoms with E-state index in [1.807, 2.05) is 13.8 Å². The monoisotopic (exact) mass is 344 g/mol. The van der Waals surface area contributed by atoms with E-state index in [2.05, 4.69) is 16.3 Å². The molecule has 0 atom stereocenters. The number of hydrogen-bond donors (Lipinski definition) is 2. The van der Waals surface area contributed by atoms with E-state index in [1.165, 1.54) is 29.8 Å². The van der Waals surface area contributed by atoms with Gasteiger partial charge in [-0.05, 0) is 49.2 Å². The van der Waals surface area contributed by atoms with Crippen molar-refractivity contribution in [1.82, 2.24) is 0 Å². The minimum absolute atomic E-state index is 0.145. The van der Waals surface area contributed by atoms with Gasteiger partial charge < -0.3 is 10.2 Å². The highest BCUT2D eigenvalue weighted by Gasteiger charge is 2.06. The molecule has 0 amide bonds. The highest BCUT2D eigenvalue weighted by molar-refractivity contribution is 5.69. The summed E-state index contributed by atoms with van der Waals surface area (Å²) < 4.78 is 0. The molecule has 0 unspecified atom stereocenters. The van der Waals surface area contributed by atoms with Crippen LogP contribution in [0.5, 0.6) is 11.5 Å². The maximum absolute atomic E-state index is 9.26. The number of benzene rings is 2. The van der Waals surface area contributed by atoms with Crippen LogP contribution in [0.2, 0.25) is 0 Å². The van der Waals surface area contributed by atoms with Crippen LogP contribution >= 0.6 is 0 Å². The van der Waals surface area contributed by atoms with Crippen molar-refractivity contribution in [2.24, 2.45) is 0 Å². The minimum atomic E-state index is 0.145. The fourth-order valence-electron chi connectivity index (χ4n) is 1.78. The summed E-state index contributed by atoms with van der Waals surface area (Å²) in [4.78, 5) is 6.82. The van der Waals surface area contributed by atoms with Crippen LogP contribution in [0.25, 0.3) is 21.8 Å². The molecule has 0 aliphatic rings. The molecule has 0 aliphatic carbocycles. The molecular formula is C22H20N2O2. The second-order valence-electron chi connectivity index (χ2n) is 5.67. The zero-order chi connectivity index (χ0) is 19.5. The molecule has 0 spiro atoms. The molecule has 4 heteroatoms. The van der Waals surface area contributed by atoms with E-state index in [1.54, 1.807) is 36.4 Å². The van der Waals surface area contributed by atoms with Gasteiger partial charge in [0.25, 0.3) is 0 Å². The summed E-state index contributed by atoms with van der Waals surface area (Å²) in [5, 5.41) is 18.5. The smallest absolute Gasteiger partial charge is 0.195 e. The molecule has 0 heterocycles. The second kappa shape index (κ2) is 10.2. The first-order valence-corrected chi connectivity index (χ1v) is 7.74. The molecule has 0 bridgehead atoms. The Hall–Kier alpha value is -3.76. The molecular weight excluding hydrogens is 324 g/mol. The number of hydrogen-bond acceptors (Lipinski definition) is 2. The Morgan fingerprint density at radius 1 is 0.769 bits per heavy atom. The van der Waals surface area contributed by atoms with E-state index in [0.29, 0.717) is 0 Å². The lowest BCUT2D eigenvalue weighted by Crippen LogP contribution is -1.82. The first-order valence-electron chi connectivity index (χ1n) is 7.74. The number of allylic oxidation sites excluding steroid dienone is 1. The molecule has 2 aromatic rings. The largest absolute Gasteiger partial charge is 0.508 e. The molecule has 2 N–H and O–H groups in total. The third-order valence-electron chi connectivity index (χ3n) is 2.90. The van der Waals surface area contributed by atoms with Gasteiger partial charge >= 0.3 is 0 Å². The van der Waals surface area contributed by atoms with E-state index < -0.39 is 0 Å². The number of aromatic hydroxyl groups is 2. The fourth-order valence-corrected chi connectivity index (χ4v) is 1.78. The molecule has 130 valence electrons. The van der Waals surface area contributed by atoms with Gasteiger partial charge in [-0.1, -0.05) is 42.0 Å². The SMILES string of the molecule is C=C(C)C.[C-]#[N+]C(=C\c1ccc(O)cc1)/C(=C/c1ccc(O)cc1)[N+]#[C-]. The van der Waals surface area contributed by atoms with Gasteiger partial charge in [-0.3, -0.25) is 9.69 Å². The van der Waals surface area contributed by atoms with Crippen LogP contribution < -0.4 is 0 Å². The molecule has 2 rings (SSSR count). The number of phenolic OH excluding ortho intramolecular Hbond substituents is 2. The van der Waals surface area contributed by atoms with Crippen molar-refractivity contribution >= 4 is 12.2 Å². The Morgan fingerprint density at radius 3 is 1.27 bits per heavy atom. The Bertz CT molecular complexity index is 816. The normalized spacial score (nSPS) is 10.8. The zero-order valence-electron chi connectivity index (χ0n) is 14.8. The molecule has 0 saturated heterocycles.